The van der Waals surface area contributed by atoms with Crippen LogP contribution in [-0.4, -0.2) is 53.5 Å². The minimum absolute atomic E-state index is 0.0285. The normalized spacial score (nSPS) is 18.9. The molecule has 36 heavy (non-hydrogen) atoms. The first-order valence-electron chi connectivity index (χ1n) is 11.8. The summed E-state index contributed by atoms with van der Waals surface area (Å²) < 4.78 is 15.9. The first-order valence-corrected chi connectivity index (χ1v) is 11.8. The van der Waals surface area contributed by atoms with Gasteiger partial charge in [0.15, 0.2) is 17.4 Å². The van der Waals surface area contributed by atoms with E-state index >= 15 is 0 Å². The molecule has 1 saturated carbocycles. The van der Waals surface area contributed by atoms with Gasteiger partial charge in [-0.25, -0.2) is 9.97 Å². The Morgan fingerprint density at radius 2 is 1.92 bits per heavy atom. The van der Waals surface area contributed by atoms with E-state index in [2.05, 4.69) is 42.9 Å². The van der Waals surface area contributed by atoms with Crippen molar-refractivity contribution in [3.8, 4) is 11.5 Å². The van der Waals surface area contributed by atoms with Crippen LogP contribution in [0.2, 0.25) is 0 Å². The molecule has 0 spiro atoms. The van der Waals surface area contributed by atoms with Crippen LogP contribution in [0.25, 0.3) is 10.9 Å². The van der Waals surface area contributed by atoms with Gasteiger partial charge in [-0.3, -0.25) is 9.89 Å². The van der Waals surface area contributed by atoms with E-state index in [0.29, 0.717) is 30.6 Å². The van der Waals surface area contributed by atoms with Gasteiger partial charge in [0.1, 0.15) is 11.6 Å². The van der Waals surface area contributed by atoms with Crippen molar-refractivity contribution in [2.24, 2.45) is 5.92 Å². The fourth-order valence-electron chi connectivity index (χ4n) is 4.44. The molecule has 3 N–H and O–H groups in total. The molecule has 10 heteroatoms. The number of fused-ring (bicyclic) bond motifs is 1. The van der Waals surface area contributed by atoms with Crippen molar-refractivity contribution < 1.29 is 19.0 Å². The fourth-order valence-corrected chi connectivity index (χ4v) is 4.44. The highest BCUT2D eigenvalue weighted by molar-refractivity contribution is 5.96. The Bertz CT molecular complexity index is 1420. The van der Waals surface area contributed by atoms with Crippen molar-refractivity contribution in [2.75, 3.05) is 38.1 Å². The highest BCUT2D eigenvalue weighted by Crippen LogP contribution is 2.48. The van der Waals surface area contributed by atoms with Crippen molar-refractivity contribution in [3.63, 3.8) is 0 Å². The topological polar surface area (TPSA) is 123 Å². The number of ether oxygens (including phenoxy) is 3. The Balaban J connectivity index is 1.16. The molecule has 1 aliphatic heterocycles. The number of H-pyrrole nitrogens is 1. The van der Waals surface area contributed by atoms with Crippen molar-refractivity contribution in [1.82, 2.24) is 20.2 Å². The lowest BCUT2D eigenvalue weighted by Gasteiger charge is -2.24. The van der Waals surface area contributed by atoms with E-state index in [1.165, 1.54) is 0 Å². The molecule has 1 amide bonds. The van der Waals surface area contributed by atoms with Crippen molar-refractivity contribution >= 4 is 34.1 Å². The Kier molecular flexibility index (Phi) is 5.65. The molecular weight excluding hydrogens is 460 g/mol. The summed E-state index contributed by atoms with van der Waals surface area (Å²) in [4.78, 5) is 21.8. The largest absolute Gasteiger partial charge is 0.497 e. The number of benzene rings is 2. The molecule has 0 radical (unpaired) electrons. The number of hydrogen-bond acceptors (Lipinski definition) is 8. The molecule has 10 nitrogen and oxygen atoms in total. The lowest BCUT2D eigenvalue weighted by atomic mass is 10.1. The summed E-state index contributed by atoms with van der Waals surface area (Å²) in [6.45, 7) is 1.25. The summed E-state index contributed by atoms with van der Waals surface area (Å²) in [5.41, 5.74) is 2.76. The van der Waals surface area contributed by atoms with Gasteiger partial charge in [-0.15, -0.1) is 0 Å². The zero-order valence-corrected chi connectivity index (χ0v) is 19.9. The maximum Gasteiger partial charge on any atom is 0.228 e. The molecule has 2 aliphatic rings. The highest BCUT2D eigenvalue weighted by atomic mass is 16.5. The van der Waals surface area contributed by atoms with Gasteiger partial charge < -0.3 is 24.8 Å². The summed E-state index contributed by atoms with van der Waals surface area (Å²) in [5.74, 6) is 3.58. The van der Waals surface area contributed by atoms with Crippen molar-refractivity contribution in [2.45, 2.75) is 18.3 Å². The van der Waals surface area contributed by atoms with Crippen LogP contribution in [0, 0.1) is 5.92 Å². The van der Waals surface area contributed by atoms with Crippen LogP contribution in [0.4, 0.5) is 17.3 Å². The molecule has 2 aromatic carbocycles. The number of nitrogens with one attached hydrogen (secondary N) is 3. The number of carbonyl (C=O) groups excluding carboxylic acids is 1. The molecule has 2 aromatic heterocycles. The second-order valence-electron chi connectivity index (χ2n) is 9.05. The van der Waals surface area contributed by atoms with Crippen molar-refractivity contribution in [1.29, 1.82) is 0 Å². The number of amides is 1. The SMILES string of the molecule is COc1ccc(NC(=O)C2C[C@H]2c2ccc3c(Nc4nc(C5COC5)ncc4OC)n[nH]c3c2)cc1. The Hall–Kier alpha value is -4.18. The number of methoxy groups -OCH3 is 2. The lowest BCUT2D eigenvalue weighted by Crippen LogP contribution is -2.27. The third kappa shape index (κ3) is 4.20. The quantitative estimate of drug-likeness (QED) is 0.342. The van der Waals surface area contributed by atoms with Crippen LogP contribution in [0.15, 0.2) is 48.7 Å². The summed E-state index contributed by atoms with van der Waals surface area (Å²) >= 11 is 0. The maximum absolute atomic E-state index is 12.7. The molecule has 6 rings (SSSR count). The Labute approximate surface area is 207 Å². The van der Waals surface area contributed by atoms with E-state index in [1.54, 1.807) is 20.4 Å². The number of nitrogens with zero attached hydrogens (tertiary/aromatic N) is 3. The van der Waals surface area contributed by atoms with Crippen LogP contribution in [0.5, 0.6) is 11.5 Å². The van der Waals surface area contributed by atoms with Gasteiger partial charge in [-0.05, 0) is 54.3 Å². The van der Waals surface area contributed by atoms with Crippen molar-refractivity contribution in [3.05, 3.63) is 60.0 Å². The smallest absolute Gasteiger partial charge is 0.228 e. The monoisotopic (exact) mass is 486 g/mol. The minimum atomic E-state index is -0.0516. The van der Waals surface area contributed by atoms with Gasteiger partial charge in [-0.2, -0.15) is 5.10 Å². The number of anilines is 3. The second-order valence-corrected chi connectivity index (χ2v) is 9.05. The molecule has 1 saturated heterocycles. The van der Waals surface area contributed by atoms with Gasteiger partial charge in [0.2, 0.25) is 5.91 Å². The summed E-state index contributed by atoms with van der Waals surface area (Å²) in [7, 11) is 3.20. The molecule has 4 aromatic rings. The Morgan fingerprint density at radius 3 is 2.64 bits per heavy atom. The fraction of sp³-hybridized carbons (Fsp3) is 0.308. The summed E-state index contributed by atoms with van der Waals surface area (Å²) in [6.07, 6.45) is 2.48. The third-order valence-corrected chi connectivity index (χ3v) is 6.73. The number of aromatic nitrogens is 4. The number of carbonyl (C=O) groups is 1. The molecule has 3 heterocycles. The first-order chi connectivity index (χ1) is 17.6. The predicted octanol–water partition coefficient (Wildman–Crippen LogP) is 3.97. The zero-order valence-electron chi connectivity index (χ0n) is 19.9. The average molecular weight is 487 g/mol. The van der Waals surface area contributed by atoms with Crippen LogP contribution < -0.4 is 20.1 Å². The third-order valence-electron chi connectivity index (χ3n) is 6.73. The predicted molar refractivity (Wildman–Crippen MR) is 134 cm³/mol. The molecule has 184 valence electrons. The molecule has 2 atom stereocenters. The van der Waals surface area contributed by atoms with E-state index in [1.807, 2.05) is 30.3 Å². The summed E-state index contributed by atoms with van der Waals surface area (Å²) in [6, 6.07) is 13.5. The van der Waals surface area contributed by atoms with Gasteiger partial charge in [-0.1, -0.05) is 6.07 Å². The molecular formula is C26H26N6O4. The van der Waals surface area contributed by atoms with E-state index in [4.69, 9.17) is 14.2 Å². The zero-order chi connectivity index (χ0) is 24.6. The standard InChI is InChI=1S/C26H26N6O4/c1-34-17-6-4-16(5-7-17)28-26(33)20-10-19(20)14-3-8-18-21(9-14)31-32-24(18)30-25-22(35-2)11-27-23(29-25)15-12-36-13-15/h3-9,11,15,19-20H,10,12-13H2,1-2H3,(H,28,33)(H2,27,29,30,31,32)/t19-,20?/m0/s1. The van der Waals surface area contributed by atoms with Crippen LogP contribution in [0.3, 0.4) is 0 Å². The molecule has 0 bridgehead atoms. The first kappa shape index (κ1) is 22.3. The molecule has 1 aliphatic carbocycles. The van der Waals surface area contributed by atoms with E-state index in [-0.39, 0.29) is 23.7 Å². The van der Waals surface area contributed by atoms with Crippen LogP contribution >= 0.6 is 0 Å². The number of aromatic amines is 1. The maximum atomic E-state index is 12.7. The molecule has 1 unspecified atom stereocenters. The van der Waals surface area contributed by atoms with E-state index in [9.17, 15) is 4.79 Å². The number of hydrogen-bond donors (Lipinski definition) is 3. The number of rotatable bonds is 8. The van der Waals surface area contributed by atoms with E-state index < -0.39 is 0 Å². The van der Waals surface area contributed by atoms with Gasteiger partial charge in [0.25, 0.3) is 0 Å². The van der Waals surface area contributed by atoms with Gasteiger partial charge in [0, 0.05) is 17.0 Å². The van der Waals surface area contributed by atoms with Crippen LogP contribution in [0.1, 0.15) is 29.6 Å². The summed E-state index contributed by atoms with van der Waals surface area (Å²) in [5, 5.41) is 14.8. The highest BCUT2D eigenvalue weighted by Gasteiger charge is 2.44. The van der Waals surface area contributed by atoms with E-state index in [0.717, 1.165) is 40.1 Å². The van der Waals surface area contributed by atoms with Gasteiger partial charge in [0.05, 0.1) is 45.1 Å². The molecule has 2 fully saturated rings. The lowest BCUT2D eigenvalue weighted by molar-refractivity contribution is -0.117. The average Bonchev–Trinajstić information content (AvgIpc) is 3.59. The van der Waals surface area contributed by atoms with Crippen LogP contribution in [-0.2, 0) is 9.53 Å². The van der Waals surface area contributed by atoms with Gasteiger partial charge >= 0.3 is 0 Å². The minimum Gasteiger partial charge on any atom is -0.497 e. The Morgan fingerprint density at radius 1 is 1.08 bits per heavy atom. The second kappa shape index (κ2) is 9.12.